The van der Waals surface area contributed by atoms with Crippen molar-refractivity contribution in [3.8, 4) is 11.3 Å². The number of nitrogens with zero attached hydrogens (tertiary/aromatic N) is 5. The first-order chi connectivity index (χ1) is 14.4. The maximum absolute atomic E-state index is 12.9. The molecule has 0 saturated carbocycles. The van der Waals surface area contributed by atoms with Crippen LogP contribution in [0, 0.1) is 6.92 Å². The molecular weight excluding hydrogens is 380 g/mol. The van der Waals surface area contributed by atoms with Crippen LogP contribution in [0.1, 0.15) is 23.0 Å². The van der Waals surface area contributed by atoms with Gasteiger partial charge in [0.15, 0.2) is 5.65 Å². The van der Waals surface area contributed by atoms with E-state index in [0.717, 1.165) is 16.8 Å². The fourth-order valence-electron chi connectivity index (χ4n) is 3.08. The summed E-state index contributed by atoms with van der Waals surface area (Å²) in [6, 6.07) is 11.1. The Kier molecular flexibility index (Phi) is 4.97. The van der Waals surface area contributed by atoms with Crippen LogP contribution in [0.2, 0.25) is 0 Å². The summed E-state index contributed by atoms with van der Waals surface area (Å²) >= 11 is 0. The van der Waals surface area contributed by atoms with Crippen molar-refractivity contribution in [3.63, 3.8) is 0 Å². The van der Waals surface area contributed by atoms with Crippen LogP contribution in [0.3, 0.4) is 0 Å². The molecule has 0 aliphatic carbocycles. The van der Waals surface area contributed by atoms with Gasteiger partial charge in [0.2, 0.25) is 5.91 Å². The highest BCUT2D eigenvalue weighted by Crippen LogP contribution is 2.23. The molecule has 4 aromatic rings. The van der Waals surface area contributed by atoms with E-state index in [1.807, 2.05) is 41.7 Å². The molecule has 8 heteroatoms. The maximum Gasteiger partial charge on any atom is 0.279 e. The number of hydrogen-bond donors (Lipinski definition) is 1. The highest BCUT2D eigenvalue weighted by Gasteiger charge is 2.18. The van der Waals surface area contributed by atoms with Crippen LogP contribution in [0.25, 0.3) is 16.9 Å². The summed E-state index contributed by atoms with van der Waals surface area (Å²) in [6.07, 6.45) is 6.68. The second-order valence-corrected chi connectivity index (χ2v) is 6.96. The second kappa shape index (κ2) is 7.75. The Morgan fingerprint density at radius 2 is 1.73 bits per heavy atom. The summed E-state index contributed by atoms with van der Waals surface area (Å²) in [5, 5.41) is 2.74. The SMILES string of the molecule is CC(=O)Nc1ccc(-c2cnc3cnc(C(=O)N(C)c4ccc(C)cn4)cn23)cc1. The molecule has 8 nitrogen and oxygen atoms in total. The monoisotopic (exact) mass is 400 g/mol. The number of amides is 2. The van der Waals surface area contributed by atoms with Gasteiger partial charge in [0.1, 0.15) is 11.5 Å². The zero-order valence-corrected chi connectivity index (χ0v) is 16.8. The van der Waals surface area contributed by atoms with Gasteiger partial charge in [-0.25, -0.2) is 15.0 Å². The third-order valence-electron chi connectivity index (χ3n) is 4.66. The minimum absolute atomic E-state index is 0.126. The van der Waals surface area contributed by atoms with Gasteiger partial charge in [0.05, 0.1) is 18.1 Å². The first-order valence-electron chi connectivity index (χ1n) is 9.34. The van der Waals surface area contributed by atoms with E-state index in [2.05, 4.69) is 20.3 Å². The number of carbonyl (C=O) groups excluding carboxylic acids is 2. The fraction of sp³-hybridized carbons (Fsp3) is 0.136. The van der Waals surface area contributed by atoms with Crippen LogP contribution >= 0.6 is 0 Å². The predicted molar refractivity (Wildman–Crippen MR) is 114 cm³/mol. The number of hydrogen-bond acceptors (Lipinski definition) is 5. The first kappa shape index (κ1) is 19.3. The lowest BCUT2D eigenvalue weighted by Crippen LogP contribution is -2.28. The van der Waals surface area contributed by atoms with Gasteiger partial charge in [0, 0.05) is 37.6 Å². The molecule has 2 amide bonds. The molecule has 0 saturated heterocycles. The van der Waals surface area contributed by atoms with E-state index in [1.165, 1.54) is 11.8 Å². The molecule has 3 aromatic heterocycles. The van der Waals surface area contributed by atoms with Gasteiger partial charge < -0.3 is 5.32 Å². The van der Waals surface area contributed by atoms with Crippen LogP contribution < -0.4 is 10.2 Å². The Balaban J connectivity index is 1.66. The van der Waals surface area contributed by atoms with Crippen molar-refractivity contribution in [1.82, 2.24) is 19.4 Å². The zero-order valence-electron chi connectivity index (χ0n) is 16.8. The molecule has 0 spiro atoms. The van der Waals surface area contributed by atoms with Gasteiger partial charge in [-0.3, -0.25) is 18.9 Å². The lowest BCUT2D eigenvalue weighted by Gasteiger charge is -2.16. The molecule has 0 atom stereocenters. The van der Waals surface area contributed by atoms with Gasteiger partial charge in [-0.2, -0.15) is 0 Å². The number of aryl methyl sites for hydroxylation is 1. The van der Waals surface area contributed by atoms with Crippen molar-refractivity contribution in [2.75, 3.05) is 17.3 Å². The standard InChI is InChI=1S/C22H20N6O2/c1-14-4-9-20(24-10-14)27(3)22(30)18-13-28-19(11-25-21(28)12-23-18)16-5-7-17(8-6-16)26-15(2)29/h4-13H,1-3H3,(H,26,29). The smallest absolute Gasteiger partial charge is 0.279 e. The number of carbonyl (C=O) groups is 2. The van der Waals surface area contributed by atoms with Crippen molar-refractivity contribution >= 4 is 29.0 Å². The van der Waals surface area contributed by atoms with Crippen molar-refractivity contribution < 1.29 is 9.59 Å². The van der Waals surface area contributed by atoms with Crippen LogP contribution in [0.5, 0.6) is 0 Å². The zero-order chi connectivity index (χ0) is 21.3. The number of imidazole rings is 1. The van der Waals surface area contributed by atoms with Crippen molar-refractivity contribution in [2.24, 2.45) is 0 Å². The molecule has 1 N–H and O–H groups in total. The number of anilines is 2. The van der Waals surface area contributed by atoms with Gasteiger partial charge in [-0.05, 0) is 30.7 Å². The summed E-state index contributed by atoms with van der Waals surface area (Å²) in [7, 11) is 1.67. The van der Waals surface area contributed by atoms with Crippen molar-refractivity contribution in [2.45, 2.75) is 13.8 Å². The third-order valence-corrected chi connectivity index (χ3v) is 4.66. The van der Waals surface area contributed by atoms with Gasteiger partial charge in [0.25, 0.3) is 5.91 Å². The van der Waals surface area contributed by atoms with Crippen molar-refractivity contribution in [1.29, 1.82) is 0 Å². The van der Waals surface area contributed by atoms with Crippen LogP contribution in [-0.2, 0) is 4.79 Å². The Hall–Kier alpha value is -4.07. The Morgan fingerprint density at radius 3 is 2.40 bits per heavy atom. The number of rotatable bonds is 4. The number of fused-ring (bicyclic) bond motifs is 1. The van der Waals surface area contributed by atoms with Crippen molar-refractivity contribution in [3.05, 3.63) is 72.4 Å². The first-order valence-corrected chi connectivity index (χ1v) is 9.34. The average molecular weight is 400 g/mol. The summed E-state index contributed by atoms with van der Waals surface area (Å²) in [4.78, 5) is 38.6. The molecule has 4 rings (SSSR count). The van der Waals surface area contributed by atoms with Crippen LogP contribution in [0.4, 0.5) is 11.5 Å². The molecule has 3 heterocycles. The second-order valence-electron chi connectivity index (χ2n) is 6.96. The molecule has 150 valence electrons. The quantitative estimate of drug-likeness (QED) is 0.567. The van der Waals surface area contributed by atoms with E-state index in [0.29, 0.717) is 17.2 Å². The normalized spacial score (nSPS) is 10.8. The van der Waals surface area contributed by atoms with E-state index >= 15 is 0 Å². The lowest BCUT2D eigenvalue weighted by molar-refractivity contribution is -0.114. The predicted octanol–water partition coefficient (Wildman–Crippen LogP) is 3.33. The minimum Gasteiger partial charge on any atom is -0.326 e. The largest absolute Gasteiger partial charge is 0.326 e. The average Bonchev–Trinajstić information content (AvgIpc) is 3.16. The highest BCUT2D eigenvalue weighted by molar-refractivity contribution is 6.03. The maximum atomic E-state index is 12.9. The van der Waals surface area contributed by atoms with Crippen LogP contribution in [-0.4, -0.2) is 38.2 Å². The fourth-order valence-corrected chi connectivity index (χ4v) is 3.08. The molecule has 1 aromatic carbocycles. The molecule has 0 fully saturated rings. The summed E-state index contributed by atoms with van der Waals surface area (Å²) in [5.74, 6) is 0.153. The highest BCUT2D eigenvalue weighted by atomic mass is 16.2. The summed E-state index contributed by atoms with van der Waals surface area (Å²) in [5.41, 5.74) is 4.35. The lowest BCUT2D eigenvalue weighted by atomic mass is 10.1. The molecule has 0 bridgehead atoms. The number of nitrogens with one attached hydrogen (secondary N) is 1. The summed E-state index contributed by atoms with van der Waals surface area (Å²) < 4.78 is 1.82. The van der Waals surface area contributed by atoms with E-state index in [9.17, 15) is 9.59 Å². The van der Waals surface area contributed by atoms with Gasteiger partial charge >= 0.3 is 0 Å². The summed E-state index contributed by atoms with van der Waals surface area (Å²) in [6.45, 7) is 3.41. The van der Waals surface area contributed by atoms with Crippen LogP contribution in [0.15, 0.2) is 61.2 Å². The van der Waals surface area contributed by atoms with E-state index in [1.54, 1.807) is 37.9 Å². The van der Waals surface area contributed by atoms with E-state index < -0.39 is 0 Å². The number of aromatic nitrogens is 4. The Bertz CT molecular complexity index is 1230. The Labute approximate surface area is 173 Å². The van der Waals surface area contributed by atoms with Gasteiger partial charge in [-0.1, -0.05) is 18.2 Å². The molecule has 0 aliphatic rings. The molecule has 0 radical (unpaired) electrons. The molecule has 0 unspecified atom stereocenters. The number of benzene rings is 1. The molecule has 30 heavy (non-hydrogen) atoms. The van der Waals surface area contributed by atoms with E-state index in [-0.39, 0.29) is 17.5 Å². The Morgan fingerprint density at radius 1 is 0.967 bits per heavy atom. The van der Waals surface area contributed by atoms with Gasteiger partial charge in [-0.15, -0.1) is 0 Å². The topological polar surface area (TPSA) is 92.5 Å². The third kappa shape index (κ3) is 3.75. The molecular formula is C22H20N6O2. The number of pyridine rings is 1. The molecule has 0 aliphatic heterocycles. The van der Waals surface area contributed by atoms with E-state index in [4.69, 9.17) is 0 Å². The minimum atomic E-state index is -0.270.